The topological polar surface area (TPSA) is 23.5 Å². The number of anilines is 1. The summed E-state index contributed by atoms with van der Waals surface area (Å²) in [6.45, 7) is 1.05. The van der Waals surface area contributed by atoms with Gasteiger partial charge in [0, 0.05) is 18.3 Å². The maximum Gasteiger partial charge on any atom is 0.416 e. The third-order valence-corrected chi connectivity index (χ3v) is 3.50. The van der Waals surface area contributed by atoms with Crippen LogP contribution in [-0.4, -0.2) is 23.9 Å². The fourth-order valence-corrected chi connectivity index (χ4v) is 2.29. The number of halogens is 5. The molecule has 0 amide bonds. The van der Waals surface area contributed by atoms with Crippen molar-refractivity contribution in [3.63, 3.8) is 0 Å². The zero-order chi connectivity index (χ0) is 17.9. The summed E-state index contributed by atoms with van der Waals surface area (Å²) < 4.78 is 64.5. The van der Waals surface area contributed by atoms with E-state index < -0.39 is 30.5 Å². The van der Waals surface area contributed by atoms with Crippen LogP contribution in [0.3, 0.4) is 0 Å². The predicted octanol–water partition coefficient (Wildman–Crippen LogP) is 4.20. The van der Waals surface area contributed by atoms with Crippen LogP contribution in [0.1, 0.15) is 11.1 Å². The lowest BCUT2D eigenvalue weighted by Crippen LogP contribution is -2.41. The van der Waals surface area contributed by atoms with E-state index >= 15 is 0 Å². The molecule has 130 valence electrons. The van der Waals surface area contributed by atoms with Crippen LogP contribution in [0, 0.1) is 18.6 Å². The number of hydrogen-bond donors (Lipinski definition) is 1. The first kappa shape index (κ1) is 18.2. The van der Waals surface area contributed by atoms with Gasteiger partial charge in [-0.3, -0.25) is 0 Å². The Bertz CT molecular complexity index is 702. The lowest BCUT2D eigenvalue weighted by Gasteiger charge is -2.28. The van der Waals surface area contributed by atoms with Crippen molar-refractivity contribution in [1.29, 1.82) is 0 Å². The molecule has 0 radical (unpaired) electrons. The van der Waals surface area contributed by atoms with Crippen molar-refractivity contribution < 1.29 is 27.1 Å². The van der Waals surface area contributed by atoms with Crippen molar-refractivity contribution in [2.45, 2.75) is 25.7 Å². The summed E-state index contributed by atoms with van der Waals surface area (Å²) in [5.74, 6) is -2.26. The molecule has 2 aromatic rings. The standard InChI is InChI=1S/C17H16F5NO/c1-11-3-2-4-12(7-11)9-23(10-16(24)17(20,21)22)13-5-6-14(18)15(19)8-13/h2-8,16,24H,9-10H2,1H3. The molecular formula is C17H16F5NO. The SMILES string of the molecule is Cc1cccc(CN(CC(O)C(F)(F)F)c2ccc(F)c(F)c2)c1. The van der Waals surface area contributed by atoms with Crippen molar-refractivity contribution in [3.05, 3.63) is 65.2 Å². The highest BCUT2D eigenvalue weighted by atomic mass is 19.4. The van der Waals surface area contributed by atoms with E-state index in [0.717, 1.165) is 22.6 Å². The van der Waals surface area contributed by atoms with Crippen LogP contribution in [0.25, 0.3) is 0 Å². The minimum Gasteiger partial charge on any atom is -0.382 e. The second kappa shape index (κ2) is 7.17. The van der Waals surface area contributed by atoms with Gasteiger partial charge in [-0.1, -0.05) is 29.8 Å². The Morgan fingerprint density at radius 1 is 1.04 bits per heavy atom. The van der Waals surface area contributed by atoms with Crippen LogP contribution in [0.5, 0.6) is 0 Å². The first-order chi connectivity index (χ1) is 11.2. The Labute approximate surface area is 136 Å². The normalized spacial score (nSPS) is 13.0. The summed E-state index contributed by atoms with van der Waals surface area (Å²) in [5.41, 5.74) is 1.65. The molecule has 0 aromatic heterocycles. The second-order valence-corrected chi connectivity index (χ2v) is 5.53. The van der Waals surface area contributed by atoms with Gasteiger partial charge < -0.3 is 10.0 Å². The minimum absolute atomic E-state index is 0.0138. The second-order valence-electron chi connectivity index (χ2n) is 5.53. The number of aryl methyl sites for hydroxylation is 1. The van der Waals surface area contributed by atoms with Gasteiger partial charge in [0.1, 0.15) is 0 Å². The van der Waals surface area contributed by atoms with E-state index in [9.17, 15) is 27.1 Å². The van der Waals surface area contributed by atoms with E-state index in [2.05, 4.69) is 0 Å². The number of aliphatic hydroxyl groups excluding tert-OH is 1. The molecule has 2 nitrogen and oxygen atoms in total. The molecule has 0 aliphatic heterocycles. The Hall–Kier alpha value is -2.15. The van der Waals surface area contributed by atoms with Gasteiger partial charge in [-0.15, -0.1) is 0 Å². The third-order valence-electron chi connectivity index (χ3n) is 3.50. The van der Waals surface area contributed by atoms with Crippen LogP contribution < -0.4 is 4.90 Å². The van der Waals surface area contributed by atoms with Crippen molar-refractivity contribution in [1.82, 2.24) is 0 Å². The molecule has 0 saturated heterocycles. The molecule has 1 N–H and O–H groups in total. The van der Waals surface area contributed by atoms with Gasteiger partial charge in [0.2, 0.25) is 0 Å². The Morgan fingerprint density at radius 2 is 1.75 bits per heavy atom. The van der Waals surface area contributed by atoms with Crippen LogP contribution >= 0.6 is 0 Å². The Kier molecular flexibility index (Phi) is 5.43. The zero-order valence-electron chi connectivity index (χ0n) is 12.8. The highest BCUT2D eigenvalue weighted by Gasteiger charge is 2.39. The van der Waals surface area contributed by atoms with Gasteiger partial charge in [-0.2, -0.15) is 13.2 Å². The molecule has 0 heterocycles. The Morgan fingerprint density at radius 3 is 2.33 bits per heavy atom. The molecule has 0 fully saturated rings. The molecule has 2 rings (SSSR count). The highest BCUT2D eigenvalue weighted by Crippen LogP contribution is 2.25. The summed E-state index contributed by atoms with van der Waals surface area (Å²) >= 11 is 0. The van der Waals surface area contributed by atoms with Crippen LogP contribution in [0.15, 0.2) is 42.5 Å². The van der Waals surface area contributed by atoms with Crippen molar-refractivity contribution in [3.8, 4) is 0 Å². The van der Waals surface area contributed by atoms with Gasteiger partial charge in [0.25, 0.3) is 0 Å². The number of benzene rings is 2. The smallest absolute Gasteiger partial charge is 0.382 e. The molecule has 1 atom stereocenters. The molecule has 24 heavy (non-hydrogen) atoms. The van der Waals surface area contributed by atoms with E-state index in [-0.39, 0.29) is 12.2 Å². The van der Waals surface area contributed by atoms with Gasteiger partial charge in [0.05, 0.1) is 6.54 Å². The molecule has 2 aromatic carbocycles. The van der Waals surface area contributed by atoms with E-state index in [1.807, 2.05) is 13.0 Å². The number of alkyl halides is 3. The maximum atomic E-state index is 13.4. The molecule has 1 unspecified atom stereocenters. The maximum absolute atomic E-state index is 13.4. The molecular weight excluding hydrogens is 329 g/mol. The number of rotatable bonds is 5. The molecule has 0 bridgehead atoms. The van der Waals surface area contributed by atoms with Crippen molar-refractivity contribution in [2.75, 3.05) is 11.4 Å². The van der Waals surface area contributed by atoms with Gasteiger partial charge in [-0.25, -0.2) is 8.78 Å². The summed E-state index contributed by atoms with van der Waals surface area (Å²) in [6, 6.07) is 9.89. The Balaban J connectivity index is 2.31. The summed E-state index contributed by atoms with van der Waals surface area (Å²) in [4.78, 5) is 1.16. The van der Waals surface area contributed by atoms with Gasteiger partial charge in [-0.05, 0) is 24.6 Å². The van der Waals surface area contributed by atoms with Crippen LogP contribution in [0.4, 0.5) is 27.6 Å². The third kappa shape index (κ3) is 4.67. The first-order valence-electron chi connectivity index (χ1n) is 7.17. The predicted molar refractivity (Wildman–Crippen MR) is 80.6 cm³/mol. The molecule has 0 saturated carbocycles. The van der Waals surface area contributed by atoms with E-state index in [0.29, 0.717) is 5.56 Å². The first-order valence-corrected chi connectivity index (χ1v) is 7.17. The average Bonchev–Trinajstić information content (AvgIpc) is 2.48. The van der Waals surface area contributed by atoms with Crippen molar-refractivity contribution >= 4 is 5.69 Å². The fraction of sp³-hybridized carbons (Fsp3) is 0.294. The summed E-state index contributed by atoms with van der Waals surface area (Å²) in [5, 5.41) is 9.34. The lowest BCUT2D eigenvalue weighted by molar-refractivity contribution is -0.200. The molecule has 0 spiro atoms. The van der Waals surface area contributed by atoms with Crippen molar-refractivity contribution in [2.24, 2.45) is 0 Å². The van der Waals surface area contributed by atoms with Crippen LogP contribution in [-0.2, 0) is 6.54 Å². The van der Waals surface area contributed by atoms with Gasteiger partial charge in [0.15, 0.2) is 17.7 Å². The lowest BCUT2D eigenvalue weighted by atomic mass is 10.1. The highest BCUT2D eigenvalue weighted by molar-refractivity contribution is 5.48. The van der Waals surface area contributed by atoms with E-state index in [1.165, 1.54) is 6.07 Å². The van der Waals surface area contributed by atoms with E-state index in [1.54, 1.807) is 18.2 Å². The monoisotopic (exact) mass is 345 g/mol. The number of aliphatic hydroxyl groups is 1. The zero-order valence-corrected chi connectivity index (χ0v) is 12.8. The molecule has 0 aliphatic rings. The minimum atomic E-state index is -4.80. The van der Waals surface area contributed by atoms with E-state index in [4.69, 9.17) is 0 Å². The summed E-state index contributed by atoms with van der Waals surface area (Å²) in [6.07, 6.45) is -7.40. The van der Waals surface area contributed by atoms with Crippen LogP contribution in [0.2, 0.25) is 0 Å². The quantitative estimate of drug-likeness (QED) is 0.821. The number of hydrogen-bond acceptors (Lipinski definition) is 2. The summed E-state index contributed by atoms with van der Waals surface area (Å²) in [7, 11) is 0. The fourth-order valence-electron chi connectivity index (χ4n) is 2.29. The molecule has 7 heteroatoms. The number of nitrogens with zero attached hydrogens (tertiary/aromatic N) is 1. The van der Waals surface area contributed by atoms with Gasteiger partial charge >= 0.3 is 6.18 Å². The average molecular weight is 345 g/mol. The molecule has 0 aliphatic carbocycles. The largest absolute Gasteiger partial charge is 0.416 e.